The summed E-state index contributed by atoms with van der Waals surface area (Å²) in [5.74, 6) is -1.47. The maximum atomic E-state index is 13.5. The molecular formula is C15H15FN2O3. The number of methoxy groups -OCH3 is 1. The molecule has 21 heavy (non-hydrogen) atoms. The molecule has 0 saturated carbocycles. The van der Waals surface area contributed by atoms with Crippen molar-refractivity contribution in [1.82, 2.24) is 10.3 Å². The van der Waals surface area contributed by atoms with Crippen LogP contribution in [-0.4, -0.2) is 23.2 Å². The number of aromatic nitrogens is 1. The second kappa shape index (κ2) is 6.81. The first-order chi connectivity index (χ1) is 10.1. The average molecular weight is 290 g/mol. The van der Waals surface area contributed by atoms with E-state index in [1.807, 2.05) is 6.07 Å². The number of carboxylic acid groups (broad SMARTS) is 1. The Morgan fingerprint density at radius 2 is 2.19 bits per heavy atom. The lowest BCUT2D eigenvalue weighted by molar-refractivity contribution is 0.0692. The number of ether oxygens (including phenoxy) is 1. The summed E-state index contributed by atoms with van der Waals surface area (Å²) < 4.78 is 18.7. The molecule has 2 rings (SSSR count). The Balaban J connectivity index is 1.97. The minimum Gasteiger partial charge on any atom is -0.481 e. The number of nitrogens with one attached hydrogen (secondary N) is 1. The lowest BCUT2D eigenvalue weighted by Crippen LogP contribution is -2.14. The van der Waals surface area contributed by atoms with Crippen LogP contribution in [0.4, 0.5) is 4.39 Å². The van der Waals surface area contributed by atoms with Crippen molar-refractivity contribution in [3.63, 3.8) is 0 Å². The monoisotopic (exact) mass is 290 g/mol. The molecule has 0 amide bonds. The normalized spacial score (nSPS) is 10.4. The molecule has 1 aromatic heterocycles. The number of aromatic carboxylic acids is 1. The summed E-state index contributed by atoms with van der Waals surface area (Å²) in [7, 11) is 1.55. The fourth-order valence-corrected chi connectivity index (χ4v) is 1.93. The Morgan fingerprint density at radius 3 is 2.86 bits per heavy atom. The topological polar surface area (TPSA) is 71.5 Å². The molecule has 0 fully saturated rings. The van der Waals surface area contributed by atoms with E-state index in [9.17, 15) is 9.18 Å². The molecule has 110 valence electrons. The molecule has 6 heteroatoms. The van der Waals surface area contributed by atoms with Gasteiger partial charge >= 0.3 is 5.97 Å². The zero-order chi connectivity index (χ0) is 15.2. The lowest BCUT2D eigenvalue weighted by Gasteiger charge is -2.09. The Hall–Kier alpha value is -2.47. The molecule has 0 unspecified atom stereocenters. The van der Waals surface area contributed by atoms with Crippen molar-refractivity contribution in [3.8, 4) is 5.88 Å². The van der Waals surface area contributed by atoms with Gasteiger partial charge in [0.05, 0.1) is 12.7 Å². The Kier molecular flexibility index (Phi) is 4.84. The number of rotatable bonds is 6. The van der Waals surface area contributed by atoms with E-state index in [4.69, 9.17) is 9.84 Å². The number of pyridine rings is 1. The highest BCUT2D eigenvalue weighted by atomic mass is 19.1. The van der Waals surface area contributed by atoms with Crippen molar-refractivity contribution < 1.29 is 19.0 Å². The third kappa shape index (κ3) is 3.76. The van der Waals surface area contributed by atoms with Crippen molar-refractivity contribution in [3.05, 3.63) is 59.0 Å². The van der Waals surface area contributed by atoms with Crippen LogP contribution in [0.15, 0.2) is 36.5 Å². The van der Waals surface area contributed by atoms with Crippen molar-refractivity contribution in [2.45, 2.75) is 13.1 Å². The Labute approximate surface area is 121 Å². The molecule has 0 aliphatic carbocycles. The first-order valence-electron chi connectivity index (χ1n) is 6.32. The van der Waals surface area contributed by atoms with E-state index < -0.39 is 11.8 Å². The van der Waals surface area contributed by atoms with Crippen LogP contribution in [0.1, 0.15) is 21.5 Å². The molecule has 0 bridgehead atoms. The van der Waals surface area contributed by atoms with E-state index in [0.29, 0.717) is 24.5 Å². The van der Waals surface area contributed by atoms with E-state index in [-0.39, 0.29) is 5.56 Å². The second-order valence-electron chi connectivity index (χ2n) is 4.39. The minimum atomic E-state index is -1.27. The summed E-state index contributed by atoms with van der Waals surface area (Å²) in [6.45, 7) is 0.925. The molecule has 1 aromatic carbocycles. The zero-order valence-electron chi connectivity index (χ0n) is 11.5. The van der Waals surface area contributed by atoms with Crippen molar-refractivity contribution in [2.75, 3.05) is 7.11 Å². The van der Waals surface area contributed by atoms with Gasteiger partial charge in [-0.2, -0.15) is 0 Å². The molecule has 0 aliphatic rings. The van der Waals surface area contributed by atoms with E-state index in [2.05, 4.69) is 10.3 Å². The summed E-state index contributed by atoms with van der Waals surface area (Å²) in [5, 5.41) is 11.9. The standard InChI is InChI=1S/C15H15FN2O3/c1-21-14-11(3-2-6-18-14)9-17-8-10-4-5-12(15(19)20)13(16)7-10/h2-7,17H,8-9H2,1H3,(H,19,20). The van der Waals surface area contributed by atoms with E-state index in [1.165, 1.54) is 12.1 Å². The molecule has 2 aromatic rings. The van der Waals surface area contributed by atoms with Gasteiger partial charge in [-0.05, 0) is 23.8 Å². The van der Waals surface area contributed by atoms with Crippen LogP contribution in [0.2, 0.25) is 0 Å². The lowest BCUT2D eigenvalue weighted by atomic mass is 10.1. The van der Waals surface area contributed by atoms with Crippen LogP contribution in [0.3, 0.4) is 0 Å². The quantitative estimate of drug-likeness (QED) is 0.853. The molecular weight excluding hydrogens is 275 g/mol. The van der Waals surface area contributed by atoms with Gasteiger partial charge in [-0.25, -0.2) is 14.2 Å². The van der Waals surface area contributed by atoms with E-state index in [1.54, 1.807) is 25.4 Å². The molecule has 1 heterocycles. The molecule has 0 aliphatic heterocycles. The molecule has 2 N–H and O–H groups in total. The number of benzene rings is 1. The average Bonchev–Trinajstić information content (AvgIpc) is 2.47. The first-order valence-corrected chi connectivity index (χ1v) is 6.32. The highest BCUT2D eigenvalue weighted by Gasteiger charge is 2.10. The van der Waals surface area contributed by atoms with Gasteiger partial charge in [-0.15, -0.1) is 0 Å². The molecule has 0 spiro atoms. The predicted octanol–water partition coefficient (Wildman–Crippen LogP) is 2.22. The fourth-order valence-electron chi connectivity index (χ4n) is 1.93. The van der Waals surface area contributed by atoms with E-state index >= 15 is 0 Å². The highest BCUT2D eigenvalue weighted by Crippen LogP contribution is 2.14. The Bertz CT molecular complexity index is 647. The molecule has 0 atom stereocenters. The third-order valence-corrected chi connectivity index (χ3v) is 2.95. The van der Waals surface area contributed by atoms with Gasteiger partial charge < -0.3 is 15.2 Å². The predicted molar refractivity (Wildman–Crippen MR) is 74.7 cm³/mol. The van der Waals surface area contributed by atoms with Crippen molar-refractivity contribution in [2.24, 2.45) is 0 Å². The van der Waals surface area contributed by atoms with Gasteiger partial charge in [-0.3, -0.25) is 0 Å². The zero-order valence-corrected chi connectivity index (χ0v) is 11.5. The highest BCUT2D eigenvalue weighted by molar-refractivity contribution is 5.87. The summed E-state index contributed by atoms with van der Waals surface area (Å²) in [6.07, 6.45) is 1.64. The maximum absolute atomic E-state index is 13.5. The third-order valence-electron chi connectivity index (χ3n) is 2.95. The number of hydrogen-bond acceptors (Lipinski definition) is 4. The summed E-state index contributed by atoms with van der Waals surface area (Å²) in [4.78, 5) is 14.8. The van der Waals surface area contributed by atoms with Crippen LogP contribution in [0, 0.1) is 5.82 Å². The molecule has 0 saturated heterocycles. The van der Waals surface area contributed by atoms with Gasteiger partial charge in [0.1, 0.15) is 5.82 Å². The van der Waals surface area contributed by atoms with Gasteiger partial charge in [0.15, 0.2) is 0 Å². The maximum Gasteiger partial charge on any atom is 0.338 e. The summed E-state index contributed by atoms with van der Waals surface area (Å²) in [6, 6.07) is 7.75. The van der Waals surface area contributed by atoms with Crippen LogP contribution < -0.4 is 10.1 Å². The van der Waals surface area contributed by atoms with E-state index in [0.717, 1.165) is 5.56 Å². The fraction of sp³-hybridized carbons (Fsp3) is 0.200. The smallest absolute Gasteiger partial charge is 0.338 e. The van der Waals surface area contributed by atoms with Crippen LogP contribution >= 0.6 is 0 Å². The van der Waals surface area contributed by atoms with Gasteiger partial charge in [0.2, 0.25) is 5.88 Å². The number of hydrogen-bond donors (Lipinski definition) is 2. The van der Waals surface area contributed by atoms with Gasteiger partial charge in [-0.1, -0.05) is 12.1 Å². The van der Waals surface area contributed by atoms with Crippen molar-refractivity contribution >= 4 is 5.97 Å². The molecule has 0 radical (unpaired) electrons. The second-order valence-corrected chi connectivity index (χ2v) is 4.39. The number of carbonyl (C=O) groups is 1. The Morgan fingerprint density at radius 1 is 1.38 bits per heavy atom. The number of nitrogens with zero attached hydrogens (tertiary/aromatic N) is 1. The summed E-state index contributed by atoms with van der Waals surface area (Å²) in [5.41, 5.74) is 1.23. The molecule has 5 nitrogen and oxygen atoms in total. The van der Waals surface area contributed by atoms with Gasteiger partial charge in [0.25, 0.3) is 0 Å². The van der Waals surface area contributed by atoms with Crippen LogP contribution in [0.25, 0.3) is 0 Å². The number of halogens is 1. The van der Waals surface area contributed by atoms with Gasteiger partial charge in [0, 0.05) is 24.8 Å². The first kappa shape index (κ1) is 14.9. The van der Waals surface area contributed by atoms with Crippen LogP contribution in [-0.2, 0) is 13.1 Å². The van der Waals surface area contributed by atoms with Crippen molar-refractivity contribution in [1.29, 1.82) is 0 Å². The summed E-state index contributed by atoms with van der Waals surface area (Å²) >= 11 is 0. The minimum absolute atomic E-state index is 0.326. The largest absolute Gasteiger partial charge is 0.481 e. The SMILES string of the molecule is COc1ncccc1CNCc1ccc(C(=O)O)c(F)c1. The number of carboxylic acids is 1. The van der Waals surface area contributed by atoms with Crippen LogP contribution in [0.5, 0.6) is 5.88 Å².